The number of fused-ring (bicyclic) bond motifs is 1. The highest BCUT2D eigenvalue weighted by molar-refractivity contribution is 7.80. The van der Waals surface area contributed by atoms with Crippen molar-refractivity contribution in [2.24, 2.45) is 0 Å². The third-order valence-corrected chi connectivity index (χ3v) is 4.12. The van der Waals surface area contributed by atoms with Crippen molar-refractivity contribution in [3.05, 3.63) is 41.5 Å². The fourth-order valence-electron chi connectivity index (χ4n) is 2.91. The van der Waals surface area contributed by atoms with Crippen molar-refractivity contribution in [3.8, 4) is 22.6 Å². The van der Waals surface area contributed by atoms with E-state index in [0.717, 1.165) is 34.8 Å². The van der Waals surface area contributed by atoms with Crippen molar-refractivity contribution < 1.29 is 9.47 Å². The Morgan fingerprint density at radius 2 is 1.60 bits per heavy atom. The quantitative estimate of drug-likeness (QED) is 0.855. The third kappa shape index (κ3) is 2.38. The molecule has 0 fully saturated rings. The molecule has 2 nitrogen and oxygen atoms in total. The molecule has 104 valence electrons. The van der Waals surface area contributed by atoms with Crippen molar-refractivity contribution in [3.63, 3.8) is 0 Å². The van der Waals surface area contributed by atoms with Crippen LogP contribution >= 0.6 is 12.6 Å². The maximum absolute atomic E-state index is 5.37. The molecule has 20 heavy (non-hydrogen) atoms. The minimum atomic E-state index is 0.815. The minimum Gasteiger partial charge on any atom is -0.497 e. The molecule has 3 rings (SSSR count). The highest BCUT2D eigenvalue weighted by Crippen LogP contribution is 2.37. The van der Waals surface area contributed by atoms with Gasteiger partial charge in [0.05, 0.1) is 14.2 Å². The molecule has 0 aromatic heterocycles. The van der Waals surface area contributed by atoms with Crippen molar-refractivity contribution in [2.45, 2.75) is 24.2 Å². The fraction of sp³-hybridized carbons (Fsp3) is 0.294. The lowest BCUT2D eigenvalue weighted by molar-refractivity contribution is 0.394. The summed E-state index contributed by atoms with van der Waals surface area (Å²) in [6.45, 7) is 0. The number of hydrogen-bond donors (Lipinski definition) is 1. The summed E-state index contributed by atoms with van der Waals surface area (Å²) in [7, 11) is 3.36. The van der Waals surface area contributed by atoms with E-state index in [1.165, 1.54) is 23.1 Å². The number of ether oxygens (including phenoxy) is 2. The van der Waals surface area contributed by atoms with E-state index in [0.29, 0.717) is 0 Å². The Labute approximate surface area is 125 Å². The van der Waals surface area contributed by atoms with E-state index in [2.05, 4.69) is 36.9 Å². The molecular weight excluding hydrogens is 268 g/mol. The van der Waals surface area contributed by atoms with Gasteiger partial charge in [-0.05, 0) is 65.8 Å². The normalized spacial score (nSPS) is 13.2. The first-order chi connectivity index (χ1) is 9.71. The number of thiol groups is 1. The molecule has 0 heterocycles. The Morgan fingerprint density at radius 1 is 0.900 bits per heavy atom. The molecule has 3 heteroatoms. The molecule has 2 aromatic rings. The Bertz CT molecular complexity index is 627. The number of rotatable bonds is 3. The number of benzene rings is 2. The minimum absolute atomic E-state index is 0.815. The number of methoxy groups -OCH3 is 2. The van der Waals surface area contributed by atoms with Gasteiger partial charge in [-0.2, -0.15) is 0 Å². The summed E-state index contributed by atoms with van der Waals surface area (Å²) in [5.74, 6) is 1.63. The monoisotopic (exact) mass is 286 g/mol. The SMILES string of the molecule is COc1cc(OC)cc(-c2cc(S)cc3c2CCC3)c1. The van der Waals surface area contributed by atoms with Crippen LogP contribution in [0.25, 0.3) is 11.1 Å². The van der Waals surface area contributed by atoms with Gasteiger partial charge in [0.2, 0.25) is 0 Å². The average Bonchev–Trinajstić information content (AvgIpc) is 2.93. The maximum atomic E-state index is 5.37. The average molecular weight is 286 g/mol. The zero-order valence-electron chi connectivity index (χ0n) is 11.8. The summed E-state index contributed by atoms with van der Waals surface area (Å²) in [5, 5.41) is 0. The highest BCUT2D eigenvalue weighted by Gasteiger charge is 2.17. The molecule has 0 saturated heterocycles. The second-order valence-corrected chi connectivity index (χ2v) is 5.60. The van der Waals surface area contributed by atoms with Crippen molar-refractivity contribution in [1.29, 1.82) is 0 Å². The van der Waals surface area contributed by atoms with Gasteiger partial charge in [0, 0.05) is 11.0 Å². The Morgan fingerprint density at radius 3 is 2.25 bits per heavy atom. The fourth-order valence-corrected chi connectivity index (χ4v) is 3.19. The molecule has 0 saturated carbocycles. The van der Waals surface area contributed by atoms with Crippen LogP contribution in [0.3, 0.4) is 0 Å². The molecule has 0 N–H and O–H groups in total. The first-order valence-electron chi connectivity index (χ1n) is 6.79. The number of aryl methyl sites for hydroxylation is 1. The molecule has 0 bridgehead atoms. The summed E-state index contributed by atoms with van der Waals surface area (Å²) < 4.78 is 10.7. The Hall–Kier alpha value is -1.61. The first-order valence-corrected chi connectivity index (χ1v) is 7.24. The molecule has 0 amide bonds. The second-order valence-electron chi connectivity index (χ2n) is 5.09. The van der Waals surface area contributed by atoms with Crippen LogP contribution in [0.5, 0.6) is 11.5 Å². The van der Waals surface area contributed by atoms with Crippen LogP contribution in [0.2, 0.25) is 0 Å². The van der Waals surface area contributed by atoms with E-state index in [-0.39, 0.29) is 0 Å². The largest absolute Gasteiger partial charge is 0.497 e. The van der Waals surface area contributed by atoms with E-state index in [1.807, 2.05) is 6.07 Å². The van der Waals surface area contributed by atoms with Crippen LogP contribution in [-0.4, -0.2) is 14.2 Å². The van der Waals surface area contributed by atoms with Crippen LogP contribution in [0, 0.1) is 0 Å². The van der Waals surface area contributed by atoms with E-state index in [4.69, 9.17) is 9.47 Å². The van der Waals surface area contributed by atoms with Gasteiger partial charge in [-0.25, -0.2) is 0 Å². The summed E-state index contributed by atoms with van der Waals surface area (Å²) in [6, 6.07) is 10.3. The zero-order chi connectivity index (χ0) is 14.1. The molecule has 1 aliphatic rings. The number of hydrogen-bond acceptors (Lipinski definition) is 3. The van der Waals surface area contributed by atoms with E-state index < -0.39 is 0 Å². The smallest absolute Gasteiger partial charge is 0.123 e. The summed E-state index contributed by atoms with van der Waals surface area (Å²) in [6.07, 6.45) is 3.51. The molecule has 2 aromatic carbocycles. The van der Waals surface area contributed by atoms with Gasteiger partial charge in [0.1, 0.15) is 11.5 Å². The maximum Gasteiger partial charge on any atom is 0.123 e. The van der Waals surface area contributed by atoms with Crippen LogP contribution in [-0.2, 0) is 12.8 Å². The predicted octanol–water partition coefficient (Wildman–Crippen LogP) is 4.15. The lowest BCUT2D eigenvalue weighted by atomic mass is 9.96. The summed E-state index contributed by atoms with van der Waals surface area (Å²) >= 11 is 4.54. The standard InChI is InChI=1S/C17H18O2S/c1-18-13-6-12(7-14(9-13)19-2)17-10-15(20)8-11-4-3-5-16(11)17/h6-10,20H,3-5H2,1-2H3. The van der Waals surface area contributed by atoms with Crippen molar-refractivity contribution in [2.75, 3.05) is 14.2 Å². The van der Waals surface area contributed by atoms with E-state index in [9.17, 15) is 0 Å². The third-order valence-electron chi connectivity index (χ3n) is 3.86. The van der Waals surface area contributed by atoms with Crippen LogP contribution in [0.4, 0.5) is 0 Å². The van der Waals surface area contributed by atoms with Crippen LogP contribution in [0.15, 0.2) is 35.2 Å². The van der Waals surface area contributed by atoms with Gasteiger partial charge in [-0.15, -0.1) is 12.6 Å². The van der Waals surface area contributed by atoms with Crippen molar-refractivity contribution >= 4 is 12.6 Å². The van der Waals surface area contributed by atoms with Gasteiger partial charge in [0.15, 0.2) is 0 Å². The van der Waals surface area contributed by atoms with E-state index in [1.54, 1.807) is 14.2 Å². The molecule has 1 aliphatic carbocycles. The predicted molar refractivity (Wildman–Crippen MR) is 84.3 cm³/mol. The molecule has 0 atom stereocenters. The first kappa shape index (κ1) is 13.4. The van der Waals surface area contributed by atoms with Gasteiger partial charge in [0.25, 0.3) is 0 Å². The van der Waals surface area contributed by atoms with Gasteiger partial charge in [-0.1, -0.05) is 0 Å². The van der Waals surface area contributed by atoms with Crippen LogP contribution in [0.1, 0.15) is 17.5 Å². The molecule has 0 aliphatic heterocycles. The lowest BCUT2D eigenvalue weighted by Gasteiger charge is -2.13. The Kier molecular flexibility index (Phi) is 3.62. The van der Waals surface area contributed by atoms with Gasteiger partial charge in [-0.3, -0.25) is 0 Å². The molecule has 0 unspecified atom stereocenters. The molecular formula is C17H18O2S. The van der Waals surface area contributed by atoms with Gasteiger partial charge < -0.3 is 9.47 Å². The van der Waals surface area contributed by atoms with Crippen molar-refractivity contribution in [1.82, 2.24) is 0 Å². The molecule has 0 radical (unpaired) electrons. The lowest BCUT2D eigenvalue weighted by Crippen LogP contribution is -1.93. The second kappa shape index (κ2) is 5.41. The summed E-state index contributed by atoms with van der Waals surface area (Å²) in [5.41, 5.74) is 5.25. The topological polar surface area (TPSA) is 18.5 Å². The zero-order valence-corrected chi connectivity index (χ0v) is 12.7. The highest BCUT2D eigenvalue weighted by atomic mass is 32.1. The molecule has 0 spiro atoms. The Balaban J connectivity index is 2.18. The van der Waals surface area contributed by atoms with Crippen LogP contribution < -0.4 is 9.47 Å². The summed E-state index contributed by atoms with van der Waals surface area (Å²) in [4.78, 5) is 1.02. The van der Waals surface area contributed by atoms with Gasteiger partial charge >= 0.3 is 0 Å². The van der Waals surface area contributed by atoms with E-state index >= 15 is 0 Å².